The predicted octanol–water partition coefficient (Wildman–Crippen LogP) is 5.03. The number of ether oxygens (including phenoxy) is 1. The molecule has 0 bridgehead atoms. The van der Waals surface area contributed by atoms with Crippen LogP contribution in [0.3, 0.4) is 0 Å². The van der Waals surface area contributed by atoms with Crippen molar-refractivity contribution in [3.8, 4) is 23.1 Å². The highest BCUT2D eigenvalue weighted by Gasteiger charge is 2.37. The van der Waals surface area contributed by atoms with Gasteiger partial charge < -0.3 is 9.64 Å². The van der Waals surface area contributed by atoms with Crippen LogP contribution in [0.5, 0.6) is 5.75 Å². The van der Waals surface area contributed by atoms with E-state index < -0.39 is 11.8 Å². The first kappa shape index (κ1) is 23.2. The Morgan fingerprint density at radius 1 is 1.09 bits per heavy atom. The minimum absolute atomic E-state index is 0.130. The van der Waals surface area contributed by atoms with E-state index in [1.54, 1.807) is 29.3 Å². The molecule has 0 radical (unpaired) electrons. The Kier molecular flexibility index (Phi) is 6.50. The number of halogens is 3. The van der Waals surface area contributed by atoms with Gasteiger partial charge in [-0.25, -0.2) is 9.97 Å². The van der Waals surface area contributed by atoms with Gasteiger partial charge in [0.15, 0.2) is 0 Å². The SMILES string of the molecule is N#CC1(Cc2ccc(OC(F)(F)F)cc2)CCN(C(=O)c2ccccc2-c2ccncn2)CC1. The van der Waals surface area contributed by atoms with Crippen molar-refractivity contribution in [2.45, 2.75) is 25.6 Å². The predicted molar refractivity (Wildman–Crippen MR) is 117 cm³/mol. The molecule has 174 valence electrons. The number of rotatable bonds is 5. The van der Waals surface area contributed by atoms with E-state index in [9.17, 15) is 23.2 Å². The van der Waals surface area contributed by atoms with Gasteiger partial charge in [-0.05, 0) is 49.1 Å². The van der Waals surface area contributed by atoms with Crippen LogP contribution in [0.25, 0.3) is 11.3 Å². The zero-order valence-corrected chi connectivity index (χ0v) is 18.1. The number of aromatic nitrogens is 2. The molecule has 9 heteroatoms. The number of hydrogen-bond donors (Lipinski definition) is 0. The minimum atomic E-state index is -4.75. The molecule has 1 fully saturated rings. The first-order valence-corrected chi connectivity index (χ1v) is 10.7. The molecule has 0 spiro atoms. The number of hydrogen-bond acceptors (Lipinski definition) is 5. The summed E-state index contributed by atoms with van der Waals surface area (Å²) < 4.78 is 41.0. The van der Waals surface area contributed by atoms with E-state index in [0.717, 1.165) is 5.56 Å². The maximum Gasteiger partial charge on any atom is 0.573 e. The molecule has 1 aliphatic heterocycles. The largest absolute Gasteiger partial charge is 0.573 e. The summed E-state index contributed by atoms with van der Waals surface area (Å²) in [6.07, 6.45) is -0.387. The molecule has 34 heavy (non-hydrogen) atoms. The van der Waals surface area contributed by atoms with Crippen molar-refractivity contribution in [1.29, 1.82) is 5.26 Å². The van der Waals surface area contributed by atoms with E-state index in [2.05, 4.69) is 20.8 Å². The molecule has 4 rings (SSSR count). The molecule has 1 amide bonds. The van der Waals surface area contributed by atoms with Crippen molar-refractivity contribution < 1.29 is 22.7 Å². The first-order valence-electron chi connectivity index (χ1n) is 10.7. The molecule has 1 aliphatic rings. The number of carbonyl (C=O) groups is 1. The Morgan fingerprint density at radius 2 is 1.79 bits per heavy atom. The molecule has 2 aromatic carbocycles. The number of benzene rings is 2. The van der Waals surface area contributed by atoms with Gasteiger partial charge in [-0.1, -0.05) is 30.3 Å². The van der Waals surface area contributed by atoms with Gasteiger partial charge in [0, 0.05) is 30.4 Å². The van der Waals surface area contributed by atoms with Gasteiger partial charge in [0.2, 0.25) is 0 Å². The van der Waals surface area contributed by atoms with E-state index >= 15 is 0 Å². The number of nitriles is 1. The Morgan fingerprint density at radius 3 is 2.41 bits per heavy atom. The van der Waals surface area contributed by atoms with E-state index in [1.165, 1.54) is 30.6 Å². The number of likely N-dealkylation sites (tertiary alicyclic amines) is 1. The fraction of sp³-hybridized carbons (Fsp3) is 0.280. The fourth-order valence-electron chi connectivity index (χ4n) is 4.18. The lowest BCUT2D eigenvalue weighted by Crippen LogP contribution is -2.43. The maximum absolute atomic E-state index is 13.3. The molecule has 0 N–H and O–H groups in total. The van der Waals surface area contributed by atoms with E-state index in [1.807, 2.05) is 12.1 Å². The van der Waals surface area contributed by atoms with Crippen LogP contribution in [0.15, 0.2) is 67.1 Å². The van der Waals surface area contributed by atoms with Gasteiger partial charge in [0.1, 0.15) is 12.1 Å². The van der Waals surface area contributed by atoms with Crippen molar-refractivity contribution in [3.63, 3.8) is 0 Å². The molecule has 6 nitrogen and oxygen atoms in total. The van der Waals surface area contributed by atoms with Crippen molar-refractivity contribution in [2.24, 2.45) is 5.41 Å². The number of nitrogens with zero attached hydrogens (tertiary/aromatic N) is 4. The van der Waals surface area contributed by atoms with Gasteiger partial charge in [-0.15, -0.1) is 13.2 Å². The number of piperidine rings is 1. The zero-order chi connectivity index (χ0) is 24.2. The molecule has 0 unspecified atom stereocenters. The number of alkyl halides is 3. The molecule has 1 saturated heterocycles. The van der Waals surface area contributed by atoms with Crippen LogP contribution in [0.2, 0.25) is 0 Å². The summed E-state index contributed by atoms with van der Waals surface area (Å²) in [5.41, 5.74) is 1.94. The Balaban J connectivity index is 1.44. The van der Waals surface area contributed by atoms with Crippen LogP contribution in [-0.2, 0) is 6.42 Å². The molecule has 0 atom stereocenters. The summed E-state index contributed by atoms with van der Waals surface area (Å²) in [6.45, 7) is 0.805. The smallest absolute Gasteiger partial charge is 0.406 e. The van der Waals surface area contributed by atoms with Crippen LogP contribution in [0, 0.1) is 16.7 Å². The van der Waals surface area contributed by atoms with E-state index in [0.29, 0.717) is 49.2 Å². The van der Waals surface area contributed by atoms with Gasteiger partial charge in [0.25, 0.3) is 5.91 Å². The summed E-state index contributed by atoms with van der Waals surface area (Å²) in [5, 5.41) is 9.90. The molecular weight excluding hydrogens is 445 g/mol. The highest BCUT2D eigenvalue weighted by molar-refractivity contribution is 6.00. The summed E-state index contributed by atoms with van der Waals surface area (Å²) in [7, 11) is 0. The Hall–Kier alpha value is -3.93. The van der Waals surface area contributed by atoms with E-state index in [-0.39, 0.29) is 11.7 Å². The molecule has 1 aromatic heterocycles. The average molecular weight is 466 g/mol. The zero-order valence-electron chi connectivity index (χ0n) is 18.1. The van der Waals surface area contributed by atoms with Crippen molar-refractivity contribution in [2.75, 3.05) is 13.1 Å². The summed E-state index contributed by atoms with van der Waals surface area (Å²) in [6, 6.07) is 16.9. The lowest BCUT2D eigenvalue weighted by atomic mass is 9.75. The highest BCUT2D eigenvalue weighted by atomic mass is 19.4. The van der Waals surface area contributed by atoms with Crippen LogP contribution >= 0.6 is 0 Å². The van der Waals surface area contributed by atoms with E-state index in [4.69, 9.17) is 0 Å². The lowest BCUT2D eigenvalue weighted by Gasteiger charge is -2.37. The lowest BCUT2D eigenvalue weighted by molar-refractivity contribution is -0.274. The first-order chi connectivity index (χ1) is 16.3. The maximum atomic E-state index is 13.3. The van der Waals surface area contributed by atoms with Crippen LogP contribution in [0.4, 0.5) is 13.2 Å². The molecule has 0 aliphatic carbocycles. The fourth-order valence-corrected chi connectivity index (χ4v) is 4.18. The summed E-state index contributed by atoms with van der Waals surface area (Å²) >= 11 is 0. The highest BCUT2D eigenvalue weighted by Crippen LogP contribution is 2.36. The topological polar surface area (TPSA) is 79.1 Å². The van der Waals surface area contributed by atoms with Gasteiger partial charge in [0.05, 0.1) is 17.2 Å². The number of carbonyl (C=O) groups excluding carboxylic acids is 1. The van der Waals surface area contributed by atoms with Crippen LogP contribution in [-0.4, -0.2) is 40.2 Å². The second kappa shape index (κ2) is 9.51. The third-order valence-corrected chi connectivity index (χ3v) is 5.96. The molecular formula is C25H21F3N4O2. The number of amides is 1. The Bertz CT molecular complexity index is 1180. The molecule has 3 aromatic rings. The van der Waals surface area contributed by atoms with Crippen molar-refractivity contribution in [3.05, 3.63) is 78.2 Å². The average Bonchev–Trinajstić information content (AvgIpc) is 2.85. The summed E-state index contributed by atoms with van der Waals surface area (Å²) in [5.74, 6) is -0.431. The molecule has 2 heterocycles. The second-order valence-electron chi connectivity index (χ2n) is 8.19. The second-order valence-corrected chi connectivity index (χ2v) is 8.19. The minimum Gasteiger partial charge on any atom is -0.406 e. The van der Waals surface area contributed by atoms with Gasteiger partial charge in [-0.2, -0.15) is 5.26 Å². The van der Waals surface area contributed by atoms with Crippen molar-refractivity contribution in [1.82, 2.24) is 14.9 Å². The normalized spacial score (nSPS) is 15.4. The van der Waals surface area contributed by atoms with Crippen molar-refractivity contribution >= 4 is 5.91 Å². The third kappa shape index (κ3) is 5.34. The van der Waals surface area contributed by atoms with Crippen LogP contribution < -0.4 is 4.74 Å². The third-order valence-electron chi connectivity index (χ3n) is 5.96. The quantitative estimate of drug-likeness (QED) is 0.527. The van der Waals surface area contributed by atoms with Crippen LogP contribution in [0.1, 0.15) is 28.8 Å². The standard InChI is InChI=1S/C25H21F3N4O2/c26-25(27,28)34-19-7-5-18(6-8-19)15-24(16-29)10-13-32(14-11-24)23(33)21-4-2-1-3-20(21)22-9-12-30-17-31-22/h1-9,12,17H,10-11,13-15H2. The molecule has 0 saturated carbocycles. The Labute approximate surface area is 194 Å². The van der Waals surface area contributed by atoms with Gasteiger partial charge >= 0.3 is 6.36 Å². The monoisotopic (exact) mass is 466 g/mol. The summed E-state index contributed by atoms with van der Waals surface area (Å²) in [4.78, 5) is 23.2. The van der Waals surface area contributed by atoms with Gasteiger partial charge in [-0.3, -0.25) is 4.79 Å².